The first kappa shape index (κ1) is 7.66. The van der Waals surface area contributed by atoms with Crippen LogP contribution in [0.15, 0.2) is 0 Å². The summed E-state index contributed by atoms with van der Waals surface area (Å²) < 4.78 is 0. The van der Waals surface area contributed by atoms with E-state index in [2.05, 4.69) is 25.7 Å². The van der Waals surface area contributed by atoms with Gasteiger partial charge in [-0.2, -0.15) is 0 Å². The Balaban J connectivity index is 2.31. The molecule has 0 aromatic carbocycles. The van der Waals surface area contributed by atoms with Crippen LogP contribution in [0, 0.1) is 23.7 Å². The van der Waals surface area contributed by atoms with E-state index in [1.165, 1.54) is 25.7 Å². The Morgan fingerprint density at radius 1 is 1.20 bits per heavy atom. The van der Waals surface area contributed by atoms with Crippen LogP contribution in [0.1, 0.15) is 39.5 Å². The van der Waals surface area contributed by atoms with Crippen LogP contribution in [0.3, 0.4) is 0 Å². The molecule has 1 rings (SSSR count). The van der Waals surface area contributed by atoms with Crippen LogP contribution in [0.4, 0.5) is 0 Å². The number of hydrogen-bond donors (Lipinski definition) is 0. The van der Waals surface area contributed by atoms with Crippen LogP contribution >= 0.6 is 0 Å². The molecule has 1 fully saturated rings. The van der Waals surface area contributed by atoms with Crippen molar-refractivity contribution in [3.63, 3.8) is 0 Å². The average Bonchev–Trinajstić information content (AvgIpc) is 2.34. The summed E-state index contributed by atoms with van der Waals surface area (Å²) in [6.07, 6.45) is 5.49. The van der Waals surface area contributed by atoms with Crippen LogP contribution < -0.4 is 0 Å². The number of rotatable bonds is 0. The molecule has 0 unspecified atom stereocenters. The lowest BCUT2D eigenvalue weighted by Crippen LogP contribution is -1.88. The Labute approximate surface area is 64.0 Å². The summed E-state index contributed by atoms with van der Waals surface area (Å²) in [6, 6.07) is 0. The van der Waals surface area contributed by atoms with Gasteiger partial charge in [0, 0.05) is 11.8 Å². The van der Waals surface area contributed by atoms with E-state index < -0.39 is 0 Å². The molecule has 10 heavy (non-hydrogen) atoms. The van der Waals surface area contributed by atoms with Crippen molar-refractivity contribution in [3.05, 3.63) is 0 Å². The van der Waals surface area contributed by atoms with Gasteiger partial charge in [0.15, 0.2) is 0 Å². The van der Waals surface area contributed by atoms with Crippen LogP contribution in [-0.2, 0) is 0 Å². The molecule has 0 nitrogen and oxygen atoms in total. The molecular weight excluding hydrogens is 120 g/mol. The van der Waals surface area contributed by atoms with Gasteiger partial charge in [-0.25, -0.2) is 0 Å². The largest absolute Gasteiger partial charge is 0.100 e. The minimum absolute atomic E-state index is 0.556. The molecule has 1 aliphatic carbocycles. The monoisotopic (exact) mass is 136 g/mol. The van der Waals surface area contributed by atoms with Gasteiger partial charge in [0.2, 0.25) is 0 Å². The maximum absolute atomic E-state index is 3.33. The summed E-state index contributed by atoms with van der Waals surface area (Å²) >= 11 is 0. The Hall–Kier alpha value is -0.440. The average molecular weight is 136 g/mol. The maximum Gasteiger partial charge on any atom is 0.0203 e. The SMILES string of the molecule is CC(C)C#CC1CCCC1. The predicted octanol–water partition coefficient (Wildman–Crippen LogP) is 2.84. The zero-order chi connectivity index (χ0) is 7.40. The highest BCUT2D eigenvalue weighted by Gasteiger charge is 2.11. The van der Waals surface area contributed by atoms with E-state index in [4.69, 9.17) is 0 Å². The molecule has 0 heterocycles. The van der Waals surface area contributed by atoms with E-state index >= 15 is 0 Å². The highest BCUT2D eigenvalue weighted by molar-refractivity contribution is 5.06. The van der Waals surface area contributed by atoms with E-state index in [0.717, 1.165) is 5.92 Å². The molecule has 0 saturated heterocycles. The highest BCUT2D eigenvalue weighted by atomic mass is 14.1. The molecule has 56 valence electrons. The summed E-state index contributed by atoms with van der Waals surface area (Å²) in [5.74, 6) is 7.86. The second kappa shape index (κ2) is 3.66. The lowest BCUT2D eigenvalue weighted by molar-refractivity contribution is 0.707. The molecule has 0 N–H and O–H groups in total. The van der Waals surface area contributed by atoms with Crippen molar-refractivity contribution >= 4 is 0 Å². The van der Waals surface area contributed by atoms with E-state index in [-0.39, 0.29) is 0 Å². The summed E-state index contributed by atoms with van der Waals surface area (Å²) in [5.41, 5.74) is 0. The van der Waals surface area contributed by atoms with Gasteiger partial charge in [-0.05, 0) is 12.8 Å². The summed E-state index contributed by atoms with van der Waals surface area (Å²) in [5, 5.41) is 0. The molecule has 0 aromatic rings. The van der Waals surface area contributed by atoms with E-state index in [1.54, 1.807) is 0 Å². The molecule has 1 saturated carbocycles. The van der Waals surface area contributed by atoms with Gasteiger partial charge in [0.25, 0.3) is 0 Å². The third-order valence-corrected chi connectivity index (χ3v) is 1.93. The van der Waals surface area contributed by atoms with Crippen molar-refractivity contribution in [3.8, 4) is 11.8 Å². The zero-order valence-electron chi connectivity index (χ0n) is 6.98. The molecular formula is C10H16. The van der Waals surface area contributed by atoms with Crippen LogP contribution in [-0.4, -0.2) is 0 Å². The first-order chi connectivity index (χ1) is 4.79. The van der Waals surface area contributed by atoms with Crippen LogP contribution in [0.2, 0.25) is 0 Å². The van der Waals surface area contributed by atoms with Crippen molar-refractivity contribution in [1.29, 1.82) is 0 Å². The minimum atomic E-state index is 0.556. The standard InChI is InChI=1S/C10H16/c1-9(2)7-8-10-5-3-4-6-10/h9-10H,3-6H2,1-2H3. The highest BCUT2D eigenvalue weighted by Crippen LogP contribution is 2.23. The summed E-state index contributed by atoms with van der Waals surface area (Å²) in [4.78, 5) is 0. The second-order valence-corrected chi connectivity index (χ2v) is 3.42. The molecule has 0 radical (unpaired) electrons. The first-order valence-electron chi connectivity index (χ1n) is 4.30. The third kappa shape index (κ3) is 2.43. The fraction of sp³-hybridized carbons (Fsp3) is 0.800. The Morgan fingerprint density at radius 3 is 2.30 bits per heavy atom. The lowest BCUT2D eigenvalue weighted by Gasteiger charge is -1.95. The van der Waals surface area contributed by atoms with Gasteiger partial charge in [0.1, 0.15) is 0 Å². The van der Waals surface area contributed by atoms with Gasteiger partial charge in [-0.1, -0.05) is 32.6 Å². The zero-order valence-corrected chi connectivity index (χ0v) is 6.98. The predicted molar refractivity (Wildman–Crippen MR) is 44.6 cm³/mol. The van der Waals surface area contributed by atoms with E-state index in [0.29, 0.717) is 5.92 Å². The van der Waals surface area contributed by atoms with Gasteiger partial charge < -0.3 is 0 Å². The maximum atomic E-state index is 3.33. The first-order valence-corrected chi connectivity index (χ1v) is 4.30. The summed E-state index contributed by atoms with van der Waals surface area (Å²) in [7, 11) is 0. The normalized spacial score (nSPS) is 19.1. The second-order valence-electron chi connectivity index (χ2n) is 3.42. The fourth-order valence-electron chi connectivity index (χ4n) is 1.35. The molecule has 0 spiro atoms. The van der Waals surface area contributed by atoms with Crippen LogP contribution in [0.25, 0.3) is 0 Å². The van der Waals surface area contributed by atoms with Gasteiger partial charge in [-0.3, -0.25) is 0 Å². The van der Waals surface area contributed by atoms with Gasteiger partial charge in [-0.15, -0.1) is 5.92 Å². The van der Waals surface area contributed by atoms with Crippen molar-refractivity contribution in [2.75, 3.05) is 0 Å². The van der Waals surface area contributed by atoms with Gasteiger partial charge in [0.05, 0.1) is 0 Å². The Kier molecular flexibility index (Phi) is 2.81. The van der Waals surface area contributed by atoms with Crippen molar-refractivity contribution in [1.82, 2.24) is 0 Å². The topological polar surface area (TPSA) is 0 Å². The Morgan fingerprint density at radius 2 is 1.80 bits per heavy atom. The summed E-state index contributed by atoms with van der Waals surface area (Å²) in [6.45, 7) is 4.31. The fourth-order valence-corrected chi connectivity index (χ4v) is 1.35. The van der Waals surface area contributed by atoms with Gasteiger partial charge >= 0.3 is 0 Å². The minimum Gasteiger partial charge on any atom is -0.100 e. The molecule has 0 aromatic heterocycles. The lowest BCUT2D eigenvalue weighted by atomic mass is 10.1. The number of hydrogen-bond acceptors (Lipinski definition) is 0. The van der Waals surface area contributed by atoms with E-state index in [9.17, 15) is 0 Å². The molecule has 0 aliphatic heterocycles. The van der Waals surface area contributed by atoms with Crippen molar-refractivity contribution in [2.45, 2.75) is 39.5 Å². The Bertz CT molecular complexity index is 139. The van der Waals surface area contributed by atoms with Crippen LogP contribution in [0.5, 0.6) is 0 Å². The smallest absolute Gasteiger partial charge is 0.0203 e. The van der Waals surface area contributed by atoms with Crippen molar-refractivity contribution < 1.29 is 0 Å². The molecule has 0 heteroatoms. The quantitative estimate of drug-likeness (QED) is 0.449. The molecule has 0 amide bonds. The molecule has 0 atom stereocenters. The van der Waals surface area contributed by atoms with E-state index in [1.807, 2.05) is 0 Å². The molecule has 0 bridgehead atoms. The van der Waals surface area contributed by atoms with Crippen molar-refractivity contribution in [2.24, 2.45) is 11.8 Å². The molecule has 1 aliphatic rings. The third-order valence-electron chi connectivity index (χ3n) is 1.93.